The van der Waals surface area contributed by atoms with E-state index in [9.17, 15) is 29.4 Å². The molecule has 0 aromatic heterocycles. The molecule has 0 heterocycles. The van der Waals surface area contributed by atoms with E-state index in [0.29, 0.717) is 45.2 Å². The van der Waals surface area contributed by atoms with E-state index in [2.05, 4.69) is 16.0 Å². The lowest BCUT2D eigenvalue weighted by Gasteiger charge is -2.28. The van der Waals surface area contributed by atoms with Gasteiger partial charge in [-0.15, -0.1) is 0 Å². The Labute approximate surface area is 201 Å². The number of carboxylic acid groups (broad SMARTS) is 1. The molecule has 0 aliphatic carbocycles. The molecule has 11 N–H and O–H groups in total. The van der Waals surface area contributed by atoms with Crippen molar-refractivity contribution in [3.63, 3.8) is 0 Å². The Morgan fingerprint density at radius 2 is 1.29 bits per heavy atom. The summed E-state index contributed by atoms with van der Waals surface area (Å²) in [6.45, 7) is 5.80. The summed E-state index contributed by atoms with van der Waals surface area (Å²) in [6, 6.07) is -4.33. The zero-order valence-corrected chi connectivity index (χ0v) is 20.6. The molecule has 198 valence electrons. The second-order valence-electron chi connectivity index (χ2n) is 8.67. The summed E-state index contributed by atoms with van der Waals surface area (Å²) in [5, 5.41) is 26.8. The summed E-state index contributed by atoms with van der Waals surface area (Å²) in [5.74, 6) is -3.38. The zero-order valence-electron chi connectivity index (χ0n) is 20.6. The van der Waals surface area contributed by atoms with Gasteiger partial charge in [0.15, 0.2) is 0 Å². The fourth-order valence-electron chi connectivity index (χ4n) is 3.22. The van der Waals surface area contributed by atoms with E-state index >= 15 is 0 Å². The number of aliphatic carboxylic acids is 1. The highest BCUT2D eigenvalue weighted by Gasteiger charge is 2.32. The number of hydrogen-bond donors (Lipinski definition) is 8. The van der Waals surface area contributed by atoms with Gasteiger partial charge in [-0.2, -0.15) is 0 Å². The molecule has 0 aromatic rings. The second kappa shape index (κ2) is 17.2. The minimum atomic E-state index is -1.22. The quantitative estimate of drug-likeness (QED) is 0.105. The van der Waals surface area contributed by atoms with E-state index < -0.39 is 54.0 Å². The molecule has 0 aliphatic rings. The molecule has 6 unspecified atom stereocenters. The molecule has 6 atom stereocenters. The van der Waals surface area contributed by atoms with Crippen molar-refractivity contribution in [2.75, 3.05) is 13.1 Å². The van der Waals surface area contributed by atoms with Crippen LogP contribution >= 0.6 is 0 Å². The van der Waals surface area contributed by atoms with Crippen LogP contribution in [0.2, 0.25) is 0 Å². The molecule has 0 radical (unpaired) electrons. The van der Waals surface area contributed by atoms with Crippen LogP contribution in [-0.4, -0.2) is 77.3 Å². The first-order valence-corrected chi connectivity index (χ1v) is 12.0. The van der Waals surface area contributed by atoms with Crippen molar-refractivity contribution in [2.24, 2.45) is 23.1 Å². The van der Waals surface area contributed by atoms with Crippen LogP contribution in [-0.2, 0) is 19.2 Å². The molecule has 12 heteroatoms. The van der Waals surface area contributed by atoms with Crippen molar-refractivity contribution in [3.8, 4) is 0 Å². The van der Waals surface area contributed by atoms with Crippen molar-refractivity contribution in [2.45, 2.75) is 96.0 Å². The summed E-state index contributed by atoms with van der Waals surface area (Å²) in [6.07, 6.45) is 2.24. The molecule has 12 nitrogen and oxygen atoms in total. The maximum atomic E-state index is 13.1. The van der Waals surface area contributed by atoms with Crippen LogP contribution in [0.1, 0.15) is 65.7 Å². The average Bonchev–Trinajstić information content (AvgIpc) is 2.79. The number of hydrogen-bond acceptors (Lipinski definition) is 8. The number of carbonyl (C=O) groups excluding carboxylic acids is 3. The number of carboxylic acids is 1. The van der Waals surface area contributed by atoms with Crippen LogP contribution in [0.4, 0.5) is 0 Å². The van der Waals surface area contributed by atoms with Gasteiger partial charge >= 0.3 is 5.97 Å². The van der Waals surface area contributed by atoms with Crippen molar-refractivity contribution >= 4 is 23.7 Å². The van der Waals surface area contributed by atoms with E-state index in [1.54, 1.807) is 6.92 Å². The molecule has 0 aliphatic heterocycles. The molecule has 0 bridgehead atoms. The molecular weight excluding hydrogens is 444 g/mol. The number of aliphatic hydroxyl groups is 1. The zero-order chi connectivity index (χ0) is 26.3. The molecule has 0 spiro atoms. The Morgan fingerprint density at radius 3 is 1.74 bits per heavy atom. The SMILES string of the molecule is CCC(C)C(NC(=O)C(CCCCN)NC(=O)C(N)C(C)O)C(=O)NC(CCCCN)C(=O)O. The number of aliphatic hydroxyl groups excluding tert-OH is 1. The number of unbranched alkanes of at least 4 members (excludes halogenated alkanes) is 2. The largest absolute Gasteiger partial charge is 0.480 e. The van der Waals surface area contributed by atoms with Crippen molar-refractivity contribution in [1.29, 1.82) is 0 Å². The number of rotatable bonds is 18. The van der Waals surface area contributed by atoms with Crippen LogP contribution in [0.15, 0.2) is 0 Å². The molecule has 0 fully saturated rings. The highest BCUT2D eigenvalue weighted by Crippen LogP contribution is 2.11. The minimum absolute atomic E-state index is 0.217. The Balaban J connectivity index is 5.50. The molecule has 0 rings (SSSR count). The third kappa shape index (κ3) is 11.7. The number of nitrogens with one attached hydrogen (secondary N) is 3. The third-order valence-corrected chi connectivity index (χ3v) is 5.76. The van der Waals surface area contributed by atoms with Crippen LogP contribution < -0.4 is 33.2 Å². The van der Waals surface area contributed by atoms with Crippen LogP contribution in [0.5, 0.6) is 0 Å². The summed E-state index contributed by atoms with van der Waals surface area (Å²) < 4.78 is 0. The van der Waals surface area contributed by atoms with Crippen LogP contribution in [0, 0.1) is 5.92 Å². The average molecular weight is 489 g/mol. The Hall–Kier alpha value is -2.28. The third-order valence-electron chi connectivity index (χ3n) is 5.76. The van der Waals surface area contributed by atoms with E-state index in [4.69, 9.17) is 17.2 Å². The summed E-state index contributed by atoms with van der Waals surface area (Å²) in [5.41, 5.74) is 16.7. The first-order chi connectivity index (χ1) is 16.0. The summed E-state index contributed by atoms with van der Waals surface area (Å²) in [4.78, 5) is 49.9. The van der Waals surface area contributed by atoms with Gasteiger partial charge < -0.3 is 43.4 Å². The van der Waals surface area contributed by atoms with Gasteiger partial charge in [0.2, 0.25) is 17.7 Å². The normalized spacial score (nSPS) is 16.4. The lowest BCUT2D eigenvalue weighted by Crippen LogP contribution is -2.59. The summed E-state index contributed by atoms with van der Waals surface area (Å²) in [7, 11) is 0. The van der Waals surface area contributed by atoms with Crippen molar-refractivity contribution < 1.29 is 29.4 Å². The van der Waals surface area contributed by atoms with Gasteiger partial charge in [0, 0.05) is 0 Å². The Kier molecular flexibility index (Phi) is 16.0. The monoisotopic (exact) mass is 488 g/mol. The van der Waals surface area contributed by atoms with E-state index in [1.807, 2.05) is 6.92 Å². The van der Waals surface area contributed by atoms with Gasteiger partial charge in [-0.1, -0.05) is 20.3 Å². The molecule has 3 amide bonds. The van der Waals surface area contributed by atoms with Gasteiger partial charge in [-0.3, -0.25) is 14.4 Å². The van der Waals surface area contributed by atoms with Gasteiger partial charge in [0.05, 0.1) is 6.10 Å². The number of amides is 3. The van der Waals surface area contributed by atoms with E-state index in [-0.39, 0.29) is 18.8 Å². The van der Waals surface area contributed by atoms with E-state index in [1.165, 1.54) is 6.92 Å². The summed E-state index contributed by atoms with van der Waals surface area (Å²) >= 11 is 0. The van der Waals surface area contributed by atoms with Gasteiger partial charge in [0.25, 0.3) is 0 Å². The Morgan fingerprint density at radius 1 is 0.794 bits per heavy atom. The minimum Gasteiger partial charge on any atom is -0.480 e. The number of nitrogens with two attached hydrogens (primary N) is 3. The molecule has 0 aromatic carbocycles. The fraction of sp³-hybridized carbons (Fsp3) is 0.818. The van der Waals surface area contributed by atoms with Crippen molar-refractivity contribution in [1.82, 2.24) is 16.0 Å². The molecule has 34 heavy (non-hydrogen) atoms. The second-order valence-corrected chi connectivity index (χ2v) is 8.67. The maximum Gasteiger partial charge on any atom is 0.326 e. The van der Waals surface area contributed by atoms with Gasteiger partial charge in [-0.25, -0.2) is 4.79 Å². The standard InChI is InChI=1S/C22H44N6O6/c1-4-13(2)18(21(32)27-16(22(33)34)10-6-8-12-24)28-19(30)15(9-5-7-11-23)26-20(31)17(25)14(3)29/h13-18,29H,4-12,23-25H2,1-3H3,(H,26,31)(H,27,32)(H,28,30)(H,33,34). The smallest absolute Gasteiger partial charge is 0.326 e. The first-order valence-electron chi connectivity index (χ1n) is 12.0. The van der Waals surface area contributed by atoms with Crippen LogP contribution in [0.3, 0.4) is 0 Å². The first kappa shape index (κ1) is 31.7. The van der Waals surface area contributed by atoms with Gasteiger partial charge in [0.1, 0.15) is 24.2 Å². The molecular formula is C22H44N6O6. The predicted molar refractivity (Wildman–Crippen MR) is 128 cm³/mol. The van der Waals surface area contributed by atoms with Gasteiger partial charge in [-0.05, 0) is 64.5 Å². The van der Waals surface area contributed by atoms with Crippen LogP contribution in [0.25, 0.3) is 0 Å². The lowest BCUT2D eigenvalue weighted by atomic mass is 9.96. The van der Waals surface area contributed by atoms with Crippen molar-refractivity contribution in [3.05, 3.63) is 0 Å². The lowest BCUT2D eigenvalue weighted by molar-refractivity contribution is -0.143. The van der Waals surface area contributed by atoms with E-state index in [0.717, 1.165) is 0 Å². The predicted octanol–water partition coefficient (Wildman–Crippen LogP) is -1.46. The Bertz CT molecular complexity index is 647. The maximum absolute atomic E-state index is 13.1. The highest BCUT2D eigenvalue weighted by atomic mass is 16.4. The highest BCUT2D eigenvalue weighted by molar-refractivity contribution is 5.94. The topological polar surface area (TPSA) is 223 Å². The molecule has 0 saturated carbocycles. The number of carbonyl (C=O) groups is 4. The fourth-order valence-corrected chi connectivity index (χ4v) is 3.22. The molecule has 0 saturated heterocycles.